The maximum absolute atomic E-state index is 11.7. The van der Waals surface area contributed by atoms with Crippen LogP contribution in [-0.4, -0.2) is 17.0 Å². The van der Waals surface area contributed by atoms with E-state index in [2.05, 4.69) is 6.92 Å². The number of carbonyl (C=O) groups is 1. The predicted octanol–water partition coefficient (Wildman–Crippen LogP) is 1.62. The molecule has 74 valence electrons. The van der Waals surface area contributed by atoms with Crippen molar-refractivity contribution in [3.05, 3.63) is 0 Å². The first-order valence-electron chi connectivity index (χ1n) is 5.32. The van der Waals surface area contributed by atoms with Gasteiger partial charge in [0, 0.05) is 12.3 Å². The minimum atomic E-state index is -0.237. The van der Waals surface area contributed by atoms with Gasteiger partial charge in [0.15, 0.2) is 0 Å². The molecule has 0 unspecified atom stereocenters. The minimum absolute atomic E-state index is 0.166. The van der Waals surface area contributed by atoms with E-state index in [-0.39, 0.29) is 17.9 Å². The van der Waals surface area contributed by atoms with Crippen molar-refractivity contribution in [1.82, 2.24) is 0 Å². The molecule has 5 atom stereocenters. The maximum Gasteiger partial charge on any atom is 0.136 e. The summed E-state index contributed by atoms with van der Waals surface area (Å²) in [6, 6.07) is 0. The van der Waals surface area contributed by atoms with Crippen LogP contribution in [0.1, 0.15) is 33.1 Å². The van der Waals surface area contributed by atoms with Gasteiger partial charge >= 0.3 is 0 Å². The quantitative estimate of drug-likeness (QED) is 0.618. The number of aliphatic hydroxyl groups excluding tert-OH is 1. The molecule has 0 aromatic heterocycles. The normalized spacial score (nSPS) is 50.7. The molecule has 0 radical (unpaired) electrons. The number of hydrogen-bond donors (Lipinski definition) is 1. The summed E-state index contributed by atoms with van der Waals surface area (Å²) in [6.07, 6.45) is 2.37. The molecule has 0 spiro atoms. The number of hydrogen-bond acceptors (Lipinski definition) is 2. The van der Waals surface area contributed by atoms with Crippen molar-refractivity contribution in [2.75, 3.05) is 0 Å². The van der Waals surface area contributed by atoms with E-state index in [1.165, 1.54) is 0 Å². The highest BCUT2D eigenvalue weighted by Crippen LogP contribution is 2.46. The second-order valence-corrected chi connectivity index (χ2v) is 4.83. The standard InChI is InChI=1S/C11H18O2/c1-6-3-4-9(12)11-7(2)10(13)5-8(6)11/h6-8,10-11,13H,3-5H2,1-2H3/t6-,7-,8-,10+,11+/m0/s1. The number of carbonyl (C=O) groups excluding carboxylic acids is 1. The molecule has 0 amide bonds. The zero-order valence-corrected chi connectivity index (χ0v) is 8.36. The second-order valence-electron chi connectivity index (χ2n) is 4.83. The molecule has 0 aromatic carbocycles. The van der Waals surface area contributed by atoms with Crippen molar-refractivity contribution in [3.63, 3.8) is 0 Å². The summed E-state index contributed by atoms with van der Waals surface area (Å²) in [6.45, 7) is 4.24. The number of aliphatic hydroxyl groups is 1. The molecule has 0 aromatic rings. The number of Topliss-reactive ketones (excluding diaryl/α,β-unsaturated/α-hetero) is 1. The molecule has 13 heavy (non-hydrogen) atoms. The Hall–Kier alpha value is -0.370. The van der Waals surface area contributed by atoms with Crippen LogP contribution in [-0.2, 0) is 4.79 Å². The van der Waals surface area contributed by atoms with Gasteiger partial charge in [0.1, 0.15) is 5.78 Å². The molecular weight excluding hydrogens is 164 g/mol. The molecule has 2 nitrogen and oxygen atoms in total. The fourth-order valence-corrected chi connectivity index (χ4v) is 3.14. The Bertz CT molecular complexity index is 224. The third-order valence-electron chi connectivity index (χ3n) is 4.10. The topological polar surface area (TPSA) is 37.3 Å². The van der Waals surface area contributed by atoms with Crippen LogP contribution < -0.4 is 0 Å². The van der Waals surface area contributed by atoms with E-state index < -0.39 is 0 Å². The van der Waals surface area contributed by atoms with E-state index in [4.69, 9.17) is 0 Å². The number of ketones is 1. The Morgan fingerprint density at radius 1 is 1.38 bits per heavy atom. The first kappa shape index (κ1) is 9.20. The molecule has 2 rings (SSSR count). The van der Waals surface area contributed by atoms with Crippen molar-refractivity contribution < 1.29 is 9.90 Å². The van der Waals surface area contributed by atoms with Crippen LogP contribution in [0.3, 0.4) is 0 Å². The lowest BCUT2D eigenvalue weighted by Crippen LogP contribution is -2.33. The van der Waals surface area contributed by atoms with Gasteiger partial charge in [-0.25, -0.2) is 0 Å². The Kier molecular flexibility index (Phi) is 2.18. The lowest BCUT2D eigenvalue weighted by molar-refractivity contribution is -0.128. The molecule has 2 aliphatic carbocycles. The van der Waals surface area contributed by atoms with Gasteiger partial charge in [-0.1, -0.05) is 13.8 Å². The fourth-order valence-electron chi connectivity index (χ4n) is 3.14. The van der Waals surface area contributed by atoms with Gasteiger partial charge in [-0.15, -0.1) is 0 Å². The summed E-state index contributed by atoms with van der Waals surface area (Å²) in [5.41, 5.74) is 0. The van der Waals surface area contributed by atoms with Gasteiger partial charge < -0.3 is 5.11 Å². The summed E-state index contributed by atoms with van der Waals surface area (Å²) >= 11 is 0. The molecule has 0 aliphatic heterocycles. The van der Waals surface area contributed by atoms with Crippen LogP contribution in [0.2, 0.25) is 0 Å². The minimum Gasteiger partial charge on any atom is -0.393 e. The molecule has 0 saturated heterocycles. The Morgan fingerprint density at radius 3 is 2.69 bits per heavy atom. The number of fused-ring (bicyclic) bond motifs is 1. The molecule has 2 aliphatic rings. The summed E-state index contributed by atoms with van der Waals surface area (Å²) in [5, 5.41) is 9.71. The van der Waals surface area contributed by atoms with Crippen LogP contribution in [0.25, 0.3) is 0 Å². The average Bonchev–Trinajstić information content (AvgIpc) is 2.38. The van der Waals surface area contributed by atoms with Crippen LogP contribution in [0.15, 0.2) is 0 Å². The third kappa shape index (κ3) is 1.32. The molecule has 0 heterocycles. The summed E-state index contributed by atoms with van der Waals surface area (Å²) in [4.78, 5) is 11.7. The molecule has 0 bridgehead atoms. The SMILES string of the molecule is C[C@@H]1[C@H]2C(=O)CC[C@H](C)[C@@H]2C[C@H]1O. The second kappa shape index (κ2) is 3.09. The van der Waals surface area contributed by atoms with E-state index in [1.807, 2.05) is 6.92 Å². The van der Waals surface area contributed by atoms with Gasteiger partial charge in [-0.2, -0.15) is 0 Å². The summed E-state index contributed by atoms with van der Waals surface area (Å²) < 4.78 is 0. The Morgan fingerprint density at radius 2 is 2.08 bits per heavy atom. The largest absolute Gasteiger partial charge is 0.393 e. The summed E-state index contributed by atoms with van der Waals surface area (Å²) in [5.74, 6) is 1.85. The fraction of sp³-hybridized carbons (Fsp3) is 0.909. The van der Waals surface area contributed by atoms with E-state index in [9.17, 15) is 9.90 Å². The zero-order valence-electron chi connectivity index (χ0n) is 8.36. The van der Waals surface area contributed by atoms with Crippen LogP contribution in [0, 0.1) is 23.7 Å². The van der Waals surface area contributed by atoms with E-state index in [0.29, 0.717) is 17.6 Å². The molecule has 2 heteroatoms. The molecular formula is C11H18O2. The maximum atomic E-state index is 11.7. The molecule has 1 N–H and O–H groups in total. The van der Waals surface area contributed by atoms with Crippen molar-refractivity contribution in [1.29, 1.82) is 0 Å². The van der Waals surface area contributed by atoms with Gasteiger partial charge in [-0.05, 0) is 30.6 Å². The van der Waals surface area contributed by atoms with Crippen LogP contribution in [0.5, 0.6) is 0 Å². The van der Waals surface area contributed by atoms with E-state index in [1.54, 1.807) is 0 Å². The molecule has 2 fully saturated rings. The zero-order chi connectivity index (χ0) is 9.59. The highest BCUT2D eigenvalue weighted by Gasteiger charge is 2.47. The van der Waals surface area contributed by atoms with Crippen molar-refractivity contribution in [2.45, 2.75) is 39.2 Å². The predicted molar refractivity (Wildman–Crippen MR) is 50.2 cm³/mol. The van der Waals surface area contributed by atoms with Crippen molar-refractivity contribution in [2.24, 2.45) is 23.7 Å². The van der Waals surface area contributed by atoms with Gasteiger partial charge in [0.25, 0.3) is 0 Å². The Labute approximate surface area is 79.3 Å². The Balaban J connectivity index is 2.22. The number of rotatable bonds is 0. The van der Waals surface area contributed by atoms with E-state index >= 15 is 0 Å². The lowest BCUT2D eigenvalue weighted by atomic mass is 9.72. The lowest BCUT2D eigenvalue weighted by Gasteiger charge is -2.31. The average molecular weight is 182 g/mol. The third-order valence-corrected chi connectivity index (χ3v) is 4.10. The monoisotopic (exact) mass is 182 g/mol. The van der Waals surface area contributed by atoms with Crippen molar-refractivity contribution in [3.8, 4) is 0 Å². The van der Waals surface area contributed by atoms with Crippen LogP contribution >= 0.6 is 0 Å². The smallest absolute Gasteiger partial charge is 0.136 e. The first-order chi connectivity index (χ1) is 6.11. The highest BCUT2D eigenvalue weighted by atomic mass is 16.3. The van der Waals surface area contributed by atoms with Gasteiger partial charge in [-0.3, -0.25) is 4.79 Å². The van der Waals surface area contributed by atoms with Gasteiger partial charge in [0.05, 0.1) is 6.10 Å². The van der Waals surface area contributed by atoms with Crippen molar-refractivity contribution >= 4 is 5.78 Å². The van der Waals surface area contributed by atoms with E-state index in [0.717, 1.165) is 19.3 Å². The summed E-state index contributed by atoms with van der Waals surface area (Å²) in [7, 11) is 0. The van der Waals surface area contributed by atoms with Crippen LogP contribution in [0.4, 0.5) is 0 Å². The molecule has 2 saturated carbocycles. The highest BCUT2D eigenvalue weighted by molar-refractivity contribution is 5.82. The first-order valence-corrected chi connectivity index (χ1v) is 5.32. The van der Waals surface area contributed by atoms with Gasteiger partial charge in [0.2, 0.25) is 0 Å².